The Morgan fingerprint density at radius 3 is 2.87 bits per heavy atom. The molecule has 0 N–H and O–H groups in total. The Labute approximate surface area is 102 Å². The highest BCUT2D eigenvalue weighted by Gasteiger charge is 2.09. The van der Waals surface area contributed by atoms with Crippen LogP contribution in [-0.2, 0) is 6.54 Å². The molecule has 2 rings (SSSR count). The fourth-order valence-corrected chi connectivity index (χ4v) is 2.28. The summed E-state index contributed by atoms with van der Waals surface area (Å²) in [5.41, 5.74) is 1.09. The number of rotatable bonds is 2. The van der Waals surface area contributed by atoms with E-state index in [0.29, 0.717) is 5.92 Å². The van der Waals surface area contributed by atoms with E-state index in [1.54, 1.807) is 0 Å². The highest BCUT2D eigenvalue weighted by molar-refractivity contribution is 9.10. The molecule has 0 aliphatic heterocycles. The van der Waals surface area contributed by atoms with Gasteiger partial charge >= 0.3 is 0 Å². The van der Waals surface area contributed by atoms with Gasteiger partial charge in [-0.1, -0.05) is 25.4 Å². The van der Waals surface area contributed by atoms with E-state index in [4.69, 9.17) is 11.6 Å². The van der Waals surface area contributed by atoms with Crippen LogP contribution in [0, 0.1) is 5.92 Å². The molecule has 0 fully saturated rings. The van der Waals surface area contributed by atoms with E-state index in [2.05, 4.69) is 34.9 Å². The first-order valence-electron chi connectivity index (χ1n) is 4.89. The van der Waals surface area contributed by atoms with Gasteiger partial charge in [0.15, 0.2) is 0 Å². The van der Waals surface area contributed by atoms with Crippen molar-refractivity contribution in [3.63, 3.8) is 0 Å². The second-order valence-electron chi connectivity index (χ2n) is 4.03. The number of nitrogens with zero attached hydrogens (tertiary/aromatic N) is 2. The van der Waals surface area contributed by atoms with Crippen LogP contribution in [0.1, 0.15) is 13.8 Å². The zero-order chi connectivity index (χ0) is 11.0. The van der Waals surface area contributed by atoms with Crippen molar-refractivity contribution < 1.29 is 0 Å². The minimum Gasteiger partial charge on any atom is -0.263 e. The van der Waals surface area contributed by atoms with Crippen molar-refractivity contribution in [3.8, 4) is 0 Å². The van der Waals surface area contributed by atoms with Gasteiger partial charge < -0.3 is 0 Å². The molecular weight excluding hydrogens is 275 g/mol. The van der Waals surface area contributed by atoms with Crippen molar-refractivity contribution >= 4 is 38.4 Å². The van der Waals surface area contributed by atoms with Crippen molar-refractivity contribution in [1.82, 2.24) is 9.78 Å². The van der Waals surface area contributed by atoms with Crippen LogP contribution >= 0.6 is 27.5 Å². The van der Waals surface area contributed by atoms with Gasteiger partial charge in [0.05, 0.1) is 5.52 Å². The maximum absolute atomic E-state index is 5.98. The molecule has 0 amide bonds. The average Bonchev–Trinajstić information content (AvgIpc) is 2.42. The van der Waals surface area contributed by atoms with Crippen LogP contribution in [0.3, 0.4) is 0 Å². The lowest BCUT2D eigenvalue weighted by atomic mass is 10.2. The summed E-state index contributed by atoms with van der Waals surface area (Å²) in [4.78, 5) is 0. The Morgan fingerprint density at radius 1 is 1.47 bits per heavy atom. The predicted molar refractivity (Wildman–Crippen MR) is 67.3 cm³/mol. The zero-order valence-electron chi connectivity index (χ0n) is 8.67. The fourth-order valence-electron chi connectivity index (χ4n) is 1.59. The van der Waals surface area contributed by atoms with Crippen LogP contribution in [-0.4, -0.2) is 9.78 Å². The maximum atomic E-state index is 5.98. The van der Waals surface area contributed by atoms with E-state index in [9.17, 15) is 0 Å². The third kappa shape index (κ3) is 2.18. The zero-order valence-corrected chi connectivity index (χ0v) is 11.0. The molecule has 80 valence electrons. The highest BCUT2D eigenvalue weighted by Crippen LogP contribution is 2.26. The van der Waals surface area contributed by atoms with Gasteiger partial charge in [-0.2, -0.15) is 5.10 Å². The molecule has 1 aromatic carbocycles. The number of hydrogen-bond acceptors (Lipinski definition) is 1. The smallest absolute Gasteiger partial charge is 0.136 e. The lowest BCUT2D eigenvalue weighted by Crippen LogP contribution is -2.05. The molecule has 0 aliphatic carbocycles. The van der Waals surface area contributed by atoms with Gasteiger partial charge in [-0.05, 0) is 40.0 Å². The van der Waals surface area contributed by atoms with Crippen LogP contribution in [0.4, 0.5) is 0 Å². The first kappa shape index (κ1) is 11.0. The first-order chi connectivity index (χ1) is 7.08. The Kier molecular flexibility index (Phi) is 3.03. The minimum atomic E-state index is 0.569. The number of aromatic nitrogens is 2. The quantitative estimate of drug-likeness (QED) is 0.813. The number of hydrogen-bond donors (Lipinski definition) is 0. The summed E-state index contributed by atoms with van der Waals surface area (Å²) in [6.07, 6.45) is 0. The Bertz CT molecular complexity index is 491. The Balaban J connectivity index is 2.59. The molecule has 2 nitrogen and oxygen atoms in total. The monoisotopic (exact) mass is 286 g/mol. The molecule has 2 aromatic rings. The largest absolute Gasteiger partial charge is 0.263 e. The van der Waals surface area contributed by atoms with Crippen LogP contribution in [0.5, 0.6) is 0 Å². The van der Waals surface area contributed by atoms with E-state index in [-0.39, 0.29) is 0 Å². The molecule has 0 saturated heterocycles. The molecule has 0 radical (unpaired) electrons. The molecular formula is C11H12BrClN2. The van der Waals surface area contributed by atoms with Crippen LogP contribution < -0.4 is 0 Å². The molecule has 0 unspecified atom stereocenters. The minimum absolute atomic E-state index is 0.569. The van der Waals surface area contributed by atoms with Gasteiger partial charge in [0.25, 0.3) is 0 Å². The molecule has 15 heavy (non-hydrogen) atoms. The molecule has 0 aliphatic rings. The molecule has 0 bridgehead atoms. The van der Waals surface area contributed by atoms with E-state index in [1.165, 1.54) is 0 Å². The Hall–Kier alpha value is -0.540. The van der Waals surface area contributed by atoms with Gasteiger partial charge in [0, 0.05) is 17.0 Å². The van der Waals surface area contributed by atoms with Gasteiger partial charge in [-0.15, -0.1) is 0 Å². The number of fused-ring (bicyclic) bond motifs is 1. The molecule has 0 saturated carbocycles. The van der Waals surface area contributed by atoms with E-state index < -0.39 is 0 Å². The second-order valence-corrected chi connectivity index (χ2v) is 5.22. The van der Waals surface area contributed by atoms with E-state index in [1.807, 2.05) is 22.9 Å². The fraction of sp³-hybridized carbons (Fsp3) is 0.364. The average molecular weight is 288 g/mol. The maximum Gasteiger partial charge on any atom is 0.136 e. The summed E-state index contributed by atoms with van der Waals surface area (Å²) in [5, 5.41) is 6.31. The van der Waals surface area contributed by atoms with Crippen molar-refractivity contribution in [3.05, 3.63) is 27.8 Å². The van der Waals surface area contributed by atoms with Gasteiger partial charge in [-0.25, -0.2) is 0 Å². The van der Waals surface area contributed by atoms with Crippen molar-refractivity contribution in [2.45, 2.75) is 20.4 Å². The molecule has 4 heteroatoms. The third-order valence-corrected chi connectivity index (χ3v) is 3.03. The second kappa shape index (κ2) is 4.14. The summed E-state index contributed by atoms with van der Waals surface area (Å²) in [5.74, 6) is 0.569. The molecule has 1 heterocycles. The van der Waals surface area contributed by atoms with E-state index in [0.717, 1.165) is 27.1 Å². The lowest BCUT2D eigenvalue weighted by Gasteiger charge is -2.06. The number of benzene rings is 1. The summed E-state index contributed by atoms with van der Waals surface area (Å²) in [6.45, 7) is 5.25. The standard InChI is InChI=1S/C11H12BrClN2/c1-7(2)6-15-10-5-8(13)3-4-9(10)11(12)14-15/h3-5,7H,6H2,1-2H3. The van der Waals surface area contributed by atoms with Crippen molar-refractivity contribution in [2.75, 3.05) is 0 Å². The molecule has 0 spiro atoms. The topological polar surface area (TPSA) is 17.8 Å². The predicted octanol–water partition coefficient (Wildman–Crippen LogP) is 4.11. The summed E-state index contributed by atoms with van der Waals surface area (Å²) < 4.78 is 2.88. The SMILES string of the molecule is CC(C)Cn1nc(Br)c2ccc(Cl)cc21. The first-order valence-corrected chi connectivity index (χ1v) is 6.06. The van der Waals surface area contributed by atoms with Crippen LogP contribution in [0.2, 0.25) is 5.02 Å². The van der Waals surface area contributed by atoms with E-state index >= 15 is 0 Å². The Morgan fingerprint density at radius 2 is 2.20 bits per heavy atom. The summed E-state index contributed by atoms with van der Waals surface area (Å²) in [6, 6.07) is 5.83. The third-order valence-electron chi connectivity index (χ3n) is 2.21. The van der Waals surface area contributed by atoms with Crippen molar-refractivity contribution in [2.24, 2.45) is 5.92 Å². The summed E-state index contributed by atoms with van der Waals surface area (Å²) in [7, 11) is 0. The molecule has 1 aromatic heterocycles. The van der Waals surface area contributed by atoms with Gasteiger partial charge in [0.2, 0.25) is 0 Å². The lowest BCUT2D eigenvalue weighted by molar-refractivity contribution is 0.493. The molecule has 0 atom stereocenters. The van der Waals surface area contributed by atoms with Crippen molar-refractivity contribution in [1.29, 1.82) is 0 Å². The highest BCUT2D eigenvalue weighted by atomic mass is 79.9. The van der Waals surface area contributed by atoms with Crippen LogP contribution in [0.25, 0.3) is 10.9 Å². The number of halogens is 2. The summed E-state index contributed by atoms with van der Waals surface area (Å²) >= 11 is 9.44. The normalized spacial score (nSPS) is 11.5. The van der Waals surface area contributed by atoms with Gasteiger partial charge in [0.1, 0.15) is 4.60 Å². The van der Waals surface area contributed by atoms with Gasteiger partial charge in [-0.3, -0.25) is 4.68 Å². The van der Waals surface area contributed by atoms with Crippen LogP contribution in [0.15, 0.2) is 22.8 Å².